The van der Waals surface area contributed by atoms with Crippen molar-refractivity contribution in [2.45, 2.75) is 19.4 Å². The van der Waals surface area contributed by atoms with Crippen LogP contribution in [0.25, 0.3) is 0 Å². The van der Waals surface area contributed by atoms with Crippen molar-refractivity contribution in [2.75, 3.05) is 5.75 Å². The molecule has 2 aromatic rings. The Kier molecular flexibility index (Phi) is 4.62. The Hall–Kier alpha value is -2.34. The van der Waals surface area contributed by atoms with Crippen molar-refractivity contribution < 1.29 is 14.3 Å². The molecule has 1 aromatic carbocycles. The molecule has 118 valence electrons. The predicted molar refractivity (Wildman–Crippen MR) is 88.8 cm³/mol. The van der Waals surface area contributed by atoms with E-state index < -0.39 is 6.04 Å². The molecule has 0 radical (unpaired) electrons. The Morgan fingerprint density at radius 1 is 1.26 bits per heavy atom. The van der Waals surface area contributed by atoms with E-state index in [1.807, 2.05) is 31.2 Å². The normalized spacial score (nSPS) is 17.1. The molecule has 1 saturated heterocycles. The molecule has 1 amide bonds. The molecule has 1 aliphatic rings. The van der Waals surface area contributed by atoms with Gasteiger partial charge in [0.2, 0.25) is 11.0 Å². The lowest BCUT2D eigenvalue weighted by Crippen LogP contribution is -2.37. The Labute approximate surface area is 138 Å². The van der Waals surface area contributed by atoms with Crippen LogP contribution in [0.3, 0.4) is 0 Å². The maximum Gasteiger partial charge on any atom is 0.253 e. The van der Waals surface area contributed by atoms with Gasteiger partial charge in [0.15, 0.2) is 0 Å². The van der Waals surface area contributed by atoms with E-state index in [4.69, 9.17) is 4.74 Å². The number of pyridine rings is 1. The second-order valence-corrected chi connectivity index (χ2v) is 6.38. The number of carbonyl (C=O) groups excluding carboxylic acids is 2. The number of benzene rings is 1. The summed E-state index contributed by atoms with van der Waals surface area (Å²) in [5, 5.41) is 2.75. The lowest BCUT2D eigenvalue weighted by Gasteiger charge is -2.10. The molecule has 5 nitrogen and oxygen atoms in total. The van der Waals surface area contributed by atoms with Gasteiger partial charge in [-0.05, 0) is 31.5 Å². The summed E-state index contributed by atoms with van der Waals surface area (Å²) in [7, 11) is 0. The summed E-state index contributed by atoms with van der Waals surface area (Å²) in [4.78, 5) is 27.8. The van der Waals surface area contributed by atoms with Gasteiger partial charge < -0.3 is 10.1 Å². The minimum absolute atomic E-state index is 0.0191. The van der Waals surface area contributed by atoms with Crippen LogP contribution < -0.4 is 10.1 Å². The van der Waals surface area contributed by atoms with E-state index in [9.17, 15) is 9.59 Å². The summed E-state index contributed by atoms with van der Waals surface area (Å²) in [6, 6.07) is 10.5. The molecule has 1 aliphatic heterocycles. The van der Waals surface area contributed by atoms with Crippen LogP contribution in [0.2, 0.25) is 0 Å². The van der Waals surface area contributed by atoms with Crippen LogP contribution in [0, 0.1) is 6.92 Å². The van der Waals surface area contributed by atoms with Gasteiger partial charge >= 0.3 is 0 Å². The number of aromatic nitrogens is 1. The van der Waals surface area contributed by atoms with Gasteiger partial charge in [-0.3, -0.25) is 9.59 Å². The third-order valence-electron chi connectivity index (χ3n) is 3.48. The number of rotatable bonds is 4. The van der Waals surface area contributed by atoms with Gasteiger partial charge in [-0.25, -0.2) is 4.98 Å². The lowest BCUT2D eigenvalue weighted by atomic mass is 10.2. The number of ether oxygens (including phenoxy) is 1. The molecule has 6 heteroatoms. The first kappa shape index (κ1) is 15.6. The number of hydrogen-bond donors (Lipinski definition) is 1. The minimum atomic E-state index is -0.393. The van der Waals surface area contributed by atoms with Crippen LogP contribution in [0.1, 0.15) is 22.3 Å². The van der Waals surface area contributed by atoms with Crippen molar-refractivity contribution in [2.24, 2.45) is 0 Å². The van der Waals surface area contributed by atoms with Gasteiger partial charge in [-0.1, -0.05) is 29.5 Å². The SMILES string of the molecule is Cc1ccc(Oc2ccc(C(=O)N[C@@H]3CCSC3=O)cn2)cc1. The average Bonchev–Trinajstić information content (AvgIpc) is 2.95. The van der Waals surface area contributed by atoms with Crippen molar-refractivity contribution in [3.63, 3.8) is 0 Å². The Morgan fingerprint density at radius 3 is 2.65 bits per heavy atom. The Morgan fingerprint density at radius 2 is 2.04 bits per heavy atom. The summed E-state index contributed by atoms with van der Waals surface area (Å²) >= 11 is 1.26. The molecular weight excluding hydrogens is 312 g/mol. The fraction of sp³-hybridized carbons (Fsp3) is 0.235. The summed E-state index contributed by atoms with van der Waals surface area (Å²) in [5.41, 5.74) is 1.56. The maximum absolute atomic E-state index is 12.1. The van der Waals surface area contributed by atoms with Crippen LogP contribution in [-0.4, -0.2) is 27.8 Å². The van der Waals surface area contributed by atoms with E-state index in [1.165, 1.54) is 18.0 Å². The number of aryl methyl sites for hydroxylation is 1. The van der Waals surface area contributed by atoms with E-state index in [1.54, 1.807) is 12.1 Å². The highest BCUT2D eigenvalue weighted by Crippen LogP contribution is 2.21. The molecule has 0 unspecified atom stereocenters. The third kappa shape index (κ3) is 3.90. The number of nitrogens with one attached hydrogen (secondary N) is 1. The first-order valence-corrected chi connectivity index (χ1v) is 8.28. The molecule has 3 rings (SSSR count). The number of amides is 1. The molecule has 1 atom stereocenters. The van der Waals surface area contributed by atoms with Crippen LogP contribution in [0.4, 0.5) is 0 Å². The summed E-state index contributed by atoms with van der Waals surface area (Å²) in [6.45, 7) is 2.00. The fourth-order valence-electron chi connectivity index (χ4n) is 2.17. The van der Waals surface area contributed by atoms with E-state index in [0.717, 1.165) is 11.3 Å². The minimum Gasteiger partial charge on any atom is -0.439 e. The number of nitrogens with zero attached hydrogens (tertiary/aromatic N) is 1. The third-order valence-corrected chi connectivity index (χ3v) is 4.49. The number of thioether (sulfide) groups is 1. The smallest absolute Gasteiger partial charge is 0.253 e. The number of hydrogen-bond acceptors (Lipinski definition) is 5. The largest absolute Gasteiger partial charge is 0.439 e. The Bertz CT molecular complexity index is 714. The second kappa shape index (κ2) is 6.83. The summed E-state index contributed by atoms with van der Waals surface area (Å²) in [5.74, 6) is 1.57. The monoisotopic (exact) mass is 328 g/mol. The zero-order valence-electron chi connectivity index (χ0n) is 12.6. The Balaban J connectivity index is 1.63. The molecule has 0 spiro atoms. The van der Waals surface area contributed by atoms with Crippen LogP contribution >= 0.6 is 11.8 Å². The average molecular weight is 328 g/mol. The lowest BCUT2D eigenvalue weighted by molar-refractivity contribution is -0.112. The standard InChI is InChI=1S/C17H16N2O3S/c1-11-2-5-13(6-3-11)22-15-7-4-12(10-18-15)16(20)19-14-8-9-23-17(14)21/h2-7,10,14H,8-9H2,1H3,(H,19,20)/t14-/m1/s1. The molecule has 23 heavy (non-hydrogen) atoms. The van der Waals surface area contributed by atoms with Crippen molar-refractivity contribution in [3.8, 4) is 11.6 Å². The van der Waals surface area contributed by atoms with Gasteiger partial charge in [0.05, 0.1) is 11.6 Å². The first-order chi connectivity index (χ1) is 11.1. The maximum atomic E-state index is 12.1. The van der Waals surface area contributed by atoms with E-state index in [0.29, 0.717) is 23.6 Å². The van der Waals surface area contributed by atoms with Crippen molar-refractivity contribution >= 4 is 22.8 Å². The quantitative estimate of drug-likeness (QED) is 0.934. The van der Waals surface area contributed by atoms with Crippen LogP contribution in [0.15, 0.2) is 42.6 Å². The van der Waals surface area contributed by atoms with Gasteiger partial charge in [0.25, 0.3) is 5.91 Å². The van der Waals surface area contributed by atoms with Crippen molar-refractivity contribution in [1.82, 2.24) is 10.3 Å². The van der Waals surface area contributed by atoms with E-state index in [2.05, 4.69) is 10.3 Å². The molecule has 1 fully saturated rings. The number of carbonyl (C=O) groups is 2. The molecule has 1 N–H and O–H groups in total. The molecular formula is C17H16N2O3S. The predicted octanol–water partition coefficient (Wildman–Crippen LogP) is 2.94. The second-order valence-electron chi connectivity index (χ2n) is 5.28. The van der Waals surface area contributed by atoms with Gasteiger partial charge in [-0.2, -0.15) is 0 Å². The first-order valence-electron chi connectivity index (χ1n) is 7.30. The van der Waals surface area contributed by atoms with E-state index >= 15 is 0 Å². The molecule has 1 aromatic heterocycles. The van der Waals surface area contributed by atoms with Crippen LogP contribution in [-0.2, 0) is 4.79 Å². The fourth-order valence-corrected chi connectivity index (χ4v) is 3.10. The van der Waals surface area contributed by atoms with Gasteiger partial charge in [-0.15, -0.1) is 0 Å². The highest BCUT2D eigenvalue weighted by atomic mass is 32.2. The summed E-state index contributed by atoms with van der Waals surface area (Å²) < 4.78 is 5.62. The molecule has 0 aliphatic carbocycles. The summed E-state index contributed by atoms with van der Waals surface area (Å²) in [6.07, 6.45) is 2.13. The molecule has 0 saturated carbocycles. The zero-order chi connectivity index (χ0) is 16.2. The molecule has 2 heterocycles. The zero-order valence-corrected chi connectivity index (χ0v) is 13.4. The van der Waals surface area contributed by atoms with Crippen molar-refractivity contribution in [3.05, 3.63) is 53.7 Å². The van der Waals surface area contributed by atoms with Crippen LogP contribution in [0.5, 0.6) is 11.6 Å². The highest BCUT2D eigenvalue weighted by molar-refractivity contribution is 8.14. The topological polar surface area (TPSA) is 68.3 Å². The highest BCUT2D eigenvalue weighted by Gasteiger charge is 2.27. The van der Waals surface area contributed by atoms with Gasteiger partial charge in [0.1, 0.15) is 5.75 Å². The molecule has 0 bridgehead atoms. The van der Waals surface area contributed by atoms with Crippen molar-refractivity contribution in [1.29, 1.82) is 0 Å². The van der Waals surface area contributed by atoms with E-state index in [-0.39, 0.29) is 11.0 Å². The van der Waals surface area contributed by atoms with Gasteiger partial charge in [0, 0.05) is 18.0 Å².